The standard InChI is InChI=1S/C24H25N3O5/c1-31-21-10-6-5-9-20(21)27-14-16(12-22(27)28)23(29)26-19(24(30)32-2)11-15-13-25-18-8-4-3-7-17(15)18/h3-10,13,16,19,25H,11-12,14H2,1-2H3,(H,26,29)/t16-,19+/m1/s1. The maximum absolute atomic E-state index is 13.0. The summed E-state index contributed by atoms with van der Waals surface area (Å²) in [4.78, 5) is 42.8. The SMILES string of the molecule is COC(=O)[C@H](Cc1c[nH]c2ccccc12)NC(=O)[C@@H]1CC(=O)N(c2ccccc2OC)C1. The van der Waals surface area contributed by atoms with Crippen molar-refractivity contribution in [1.82, 2.24) is 10.3 Å². The van der Waals surface area contributed by atoms with E-state index in [1.54, 1.807) is 17.0 Å². The van der Waals surface area contributed by atoms with Gasteiger partial charge in [-0.05, 0) is 23.8 Å². The van der Waals surface area contributed by atoms with Gasteiger partial charge in [-0.1, -0.05) is 30.3 Å². The summed E-state index contributed by atoms with van der Waals surface area (Å²) in [5, 5.41) is 3.78. The molecule has 2 N–H and O–H groups in total. The first kappa shape index (κ1) is 21.4. The number of methoxy groups -OCH3 is 2. The molecule has 4 rings (SSSR count). The van der Waals surface area contributed by atoms with Crippen LogP contribution in [0.25, 0.3) is 10.9 Å². The molecule has 2 aromatic carbocycles. The fourth-order valence-electron chi connectivity index (χ4n) is 4.11. The summed E-state index contributed by atoms with van der Waals surface area (Å²) in [7, 11) is 2.83. The molecule has 166 valence electrons. The molecule has 1 saturated heterocycles. The molecule has 2 amide bonds. The number of para-hydroxylation sites is 3. The van der Waals surface area contributed by atoms with E-state index in [-0.39, 0.29) is 31.2 Å². The van der Waals surface area contributed by atoms with Gasteiger partial charge < -0.3 is 24.7 Å². The predicted octanol–water partition coefficient (Wildman–Crippen LogP) is 2.43. The number of esters is 1. The van der Waals surface area contributed by atoms with E-state index in [4.69, 9.17) is 9.47 Å². The fraction of sp³-hybridized carbons (Fsp3) is 0.292. The number of amides is 2. The molecule has 0 saturated carbocycles. The number of rotatable bonds is 7. The van der Waals surface area contributed by atoms with Gasteiger partial charge in [0.2, 0.25) is 11.8 Å². The number of anilines is 1. The quantitative estimate of drug-likeness (QED) is 0.555. The number of benzene rings is 2. The van der Waals surface area contributed by atoms with Crippen molar-refractivity contribution in [2.24, 2.45) is 5.92 Å². The van der Waals surface area contributed by atoms with E-state index in [1.165, 1.54) is 14.2 Å². The van der Waals surface area contributed by atoms with Crippen molar-refractivity contribution in [2.45, 2.75) is 18.9 Å². The third-order valence-corrected chi connectivity index (χ3v) is 5.77. The Bertz CT molecular complexity index is 1160. The molecule has 2 heterocycles. The number of carbonyl (C=O) groups excluding carboxylic acids is 3. The maximum atomic E-state index is 13.0. The lowest BCUT2D eigenvalue weighted by atomic mass is 10.0. The van der Waals surface area contributed by atoms with Gasteiger partial charge in [0.05, 0.1) is 25.8 Å². The van der Waals surface area contributed by atoms with Gasteiger partial charge in [-0.2, -0.15) is 0 Å². The van der Waals surface area contributed by atoms with E-state index in [0.29, 0.717) is 11.4 Å². The molecule has 0 aliphatic carbocycles. The zero-order chi connectivity index (χ0) is 22.7. The number of ether oxygens (including phenoxy) is 2. The van der Waals surface area contributed by atoms with Crippen LogP contribution in [0.1, 0.15) is 12.0 Å². The highest BCUT2D eigenvalue weighted by Crippen LogP contribution is 2.33. The summed E-state index contributed by atoms with van der Waals surface area (Å²) >= 11 is 0. The topological polar surface area (TPSA) is 101 Å². The van der Waals surface area contributed by atoms with Gasteiger partial charge in [-0.25, -0.2) is 4.79 Å². The largest absolute Gasteiger partial charge is 0.495 e. The molecule has 1 aliphatic heterocycles. The Hall–Kier alpha value is -3.81. The minimum atomic E-state index is -0.859. The second-order valence-electron chi connectivity index (χ2n) is 7.73. The Labute approximate surface area is 185 Å². The molecule has 0 spiro atoms. The van der Waals surface area contributed by atoms with Gasteiger partial charge in [0, 0.05) is 36.5 Å². The summed E-state index contributed by atoms with van der Waals surface area (Å²) in [6.07, 6.45) is 2.17. The first-order valence-corrected chi connectivity index (χ1v) is 10.4. The number of hydrogen-bond acceptors (Lipinski definition) is 5. The number of carbonyl (C=O) groups is 3. The van der Waals surface area contributed by atoms with Crippen molar-refractivity contribution in [3.05, 3.63) is 60.3 Å². The van der Waals surface area contributed by atoms with E-state index < -0.39 is 17.9 Å². The van der Waals surface area contributed by atoms with Crippen LogP contribution in [0.4, 0.5) is 5.69 Å². The lowest BCUT2D eigenvalue weighted by Crippen LogP contribution is -2.46. The van der Waals surface area contributed by atoms with Gasteiger partial charge in [-0.3, -0.25) is 9.59 Å². The summed E-state index contributed by atoms with van der Waals surface area (Å²) < 4.78 is 10.3. The van der Waals surface area contributed by atoms with E-state index in [0.717, 1.165) is 16.5 Å². The van der Waals surface area contributed by atoms with Crippen LogP contribution in [0.3, 0.4) is 0 Å². The Balaban J connectivity index is 1.49. The third kappa shape index (κ3) is 4.16. The zero-order valence-electron chi connectivity index (χ0n) is 18.0. The van der Waals surface area contributed by atoms with E-state index in [2.05, 4.69) is 10.3 Å². The van der Waals surface area contributed by atoms with Crippen LogP contribution >= 0.6 is 0 Å². The van der Waals surface area contributed by atoms with Crippen LogP contribution in [0, 0.1) is 5.92 Å². The fourth-order valence-corrected chi connectivity index (χ4v) is 4.11. The van der Waals surface area contributed by atoms with Gasteiger partial charge in [0.1, 0.15) is 11.8 Å². The summed E-state index contributed by atoms with van der Waals surface area (Å²) in [6, 6.07) is 14.1. The molecule has 1 aromatic heterocycles. The average Bonchev–Trinajstić information content (AvgIpc) is 3.41. The molecule has 1 fully saturated rings. The summed E-state index contributed by atoms with van der Waals surface area (Å²) in [5.41, 5.74) is 2.47. The molecule has 0 bridgehead atoms. The minimum Gasteiger partial charge on any atom is -0.495 e. The highest BCUT2D eigenvalue weighted by molar-refractivity contribution is 6.01. The number of H-pyrrole nitrogens is 1. The van der Waals surface area contributed by atoms with Crippen LogP contribution in [0.15, 0.2) is 54.7 Å². The number of aromatic nitrogens is 1. The summed E-state index contributed by atoms with van der Waals surface area (Å²) in [5.74, 6) is -1.07. The lowest BCUT2D eigenvalue weighted by Gasteiger charge is -2.21. The van der Waals surface area contributed by atoms with Crippen molar-refractivity contribution in [3.8, 4) is 5.75 Å². The average molecular weight is 435 g/mol. The number of fused-ring (bicyclic) bond motifs is 1. The highest BCUT2D eigenvalue weighted by atomic mass is 16.5. The molecule has 1 aliphatic rings. The van der Waals surface area contributed by atoms with Gasteiger partial charge in [0.15, 0.2) is 0 Å². The van der Waals surface area contributed by atoms with Gasteiger partial charge >= 0.3 is 5.97 Å². The van der Waals surface area contributed by atoms with Crippen molar-refractivity contribution < 1.29 is 23.9 Å². The molecule has 0 radical (unpaired) electrons. The van der Waals surface area contributed by atoms with E-state index >= 15 is 0 Å². The molecule has 3 aromatic rings. The molecule has 2 atom stereocenters. The number of hydrogen-bond donors (Lipinski definition) is 2. The molecular weight excluding hydrogens is 410 g/mol. The van der Waals surface area contributed by atoms with Crippen LogP contribution in [0.2, 0.25) is 0 Å². The minimum absolute atomic E-state index is 0.0604. The first-order valence-electron chi connectivity index (χ1n) is 10.4. The Morgan fingerprint density at radius 3 is 2.69 bits per heavy atom. The highest BCUT2D eigenvalue weighted by Gasteiger charge is 2.37. The summed E-state index contributed by atoms with van der Waals surface area (Å²) in [6.45, 7) is 0.214. The molecule has 8 heteroatoms. The molecular formula is C24H25N3O5. The van der Waals surface area contributed by atoms with E-state index in [9.17, 15) is 14.4 Å². The van der Waals surface area contributed by atoms with Gasteiger partial charge in [-0.15, -0.1) is 0 Å². The lowest BCUT2D eigenvalue weighted by molar-refractivity contribution is -0.145. The maximum Gasteiger partial charge on any atom is 0.328 e. The number of nitrogens with zero attached hydrogens (tertiary/aromatic N) is 1. The van der Waals surface area contributed by atoms with E-state index in [1.807, 2.05) is 42.6 Å². The molecule has 8 nitrogen and oxygen atoms in total. The third-order valence-electron chi connectivity index (χ3n) is 5.77. The van der Waals surface area contributed by atoms with Crippen molar-refractivity contribution in [1.29, 1.82) is 0 Å². The zero-order valence-corrected chi connectivity index (χ0v) is 18.0. The monoisotopic (exact) mass is 435 g/mol. The Kier molecular flexibility index (Phi) is 6.11. The van der Waals surface area contributed by atoms with Gasteiger partial charge in [0.25, 0.3) is 0 Å². The van der Waals surface area contributed by atoms with Crippen LogP contribution in [0.5, 0.6) is 5.75 Å². The molecule has 32 heavy (non-hydrogen) atoms. The van der Waals surface area contributed by atoms with Crippen LogP contribution in [-0.2, 0) is 25.5 Å². The predicted molar refractivity (Wildman–Crippen MR) is 119 cm³/mol. The smallest absolute Gasteiger partial charge is 0.328 e. The number of nitrogens with one attached hydrogen (secondary N) is 2. The normalized spacial score (nSPS) is 16.8. The molecule has 0 unspecified atom stereocenters. The second-order valence-corrected chi connectivity index (χ2v) is 7.73. The van der Waals surface area contributed by atoms with Crippen LogP contribution < -0.4 is 15.0 Å². The van der Waals surface area contributed by atoms with Crippen LogP contribution in [-0.4, -0.2) is 49.6 Å². The second kappa shape index (κ2) is 9.13. The Morgan fingerprint density at radius 1 is 1.16 bits per heavy atom. The van der Waals surface area contributed by atoms with Crippen molar-refractivity contribution in [3.63, 3.8) is 0 Å². The first-order chi connectivity index (χ1) is 15.5. The Morgan fingerprint density at radius 2 is 1.91 bits per heavy atom. The van der Waals surface area contributed by atoms with Crippen molar-refractivity contribution >= 4 is 34.4 Å². The number of aromatic amines is 1. The van der Waals surface area contributed by atoms with Crippen molar-refractivity contribution in [2.75, 3.05) is 25.7 Å².